The fraction of sp³-hybridized carbons (Fsp3) is 0.741. The number of carbonyl (C=O) groups is 4. The van der Waals surface area contributed by atoms with Crippen molar-refractivity contribution in [3.8, 4) is 0 Å². The Morgan fingerprint density at radius 1 is 0.279 bits per heavy atom. The molecule has 0 aromatic heterocycles. The summed E-state index contributed by atoms with van der Waals surface area (Å²) in [5, 5.41) is 10.7. The topological polar surface area (TPSA) is 237 Å². The summed E-state index contributed by atoms with van der Waals surface area (Å²) in [6.07, 6.45) is 83.4. The molecule has 0 aliphatic rings. The quantitative estimate of drug-likeness (QED) is 0.0169. The number of esters is 4. The number of carbonyl (C=O) groups excluding carboxylic acids is 4. The minimum absolute atomic E-state index is 0.0822. The molecule has 5 unspecified atom stereocenters. The van der Waals surface area contributed by atoms with Crippen LogP contribution in [0, 0.1) is 0 Å². The third-order valence-corrected chi connectivity index (χ3v) is 19.1. The minimum Gasteiger partial charge on any atom is -0.462 e. The van der Waals surface area contributed by atoms with E-state index in [0.717, 1.165) is 180 Å². The standard InChI is InChI=1S/C85H148O17P2/c1-5-9-13-17-21-25-29-33-36-38-39-41-44-47-50-54-58-62-66-70-83(88)96-76-81(102-85(90)72-68-64-60-56-52-48-42-35-31-27-23-19-15-11-7-3)78-100-104(93,94)98-74-79(86)73-97-103(91,92)99-77-80(101-84(89)71-67-63-59-55-51-45-32-28-24-20-16-12-8-4)75-95-82(87)69-65-61-57-53-49-46-43-40-37-34-30-26-22-18-14-10-6-2/h9-10,13-14,21-22,25-26,28,32-34,36-37,39,41,47,50,79-81,86H,5-8,11-12,15-20,23-24,27,29-31,35,38,40,42-46,48-49,51-78H2,1-4H3,(H,91,92)(H,93,94)/b13-9-,14-10-,25-21-,26-22-,32-28-,36-33-,37-34-,41-39-,50-47-. The summed E-state index contributed by atoms with van der Waals surface area (Å²) in [5.41, 5.74) is 0. The molecule has 0 saturated carbocycles. The van der Waals surface area contributed by atoms with Gasteiger partial charge < -0.3 is 33.8 Å². The monoisotopic (exact) mass is 1500 g/mol. The molecule has 0 aromatic carbocycles. The Morgan fingerprint density at radius 2 is 0.500 bits per heavy atom. The van der Waals surface area contributed by atoms with Gasteiger partial charge in [0.25, 0.3) is 0 Å². The maximum absolute atomic E-state index is 13.1. The molecule has 5 atom stereocenters. The highest BCUT2D eigenvalue weighted by Crippen LogP contribution is 2.45. The number of rotatable bonds is 77. The maximum Gasteiger partial charge on any atom is 0.472 e. The average Bonchev–Trinajstić information content (AvgIpc) is 0.911. The van der Waals surface area contributed by atoms with Crippen LogP contribution in [-0.4, -0.2) is 96.7 Å². The molecule has 17 nitrogen and oxygen atoms in total. The molecule has 0 fully saturated rings. The highest BCUT2D eigenvalue weighted by atomic mass is 31.2. The smallest absolute Gasteiger partial charge is 0.462 e. The van der Waals surface area contributed by atoms with Gasteiger partial charge in [-0.2, -0.15) is 0 Å². The first-order valence-corrected chi connectivity index (χ1v) is 44.1. The molecule has 0 rings (SSSR count). The largest absolute Gasteiger partial charge is 0.472 e. The van der Waals surface area contributed by atoms with E-state index < -0.39 is 97.5 Å². The van der Waals surface area contributed by atoms with Crippen LogP contribution in [0.15, 0.2) is 109 Å². The Labute approximate surface area is 632 Å². The van der Waals surface area contributed by atoms with Crippen molar-refractivity contribution in [2.75, 3.05) is 39.6 Å². The van der Waals surface area contributed by atoms with Crippen LogP contribution in [0.1, 0.15) is 349 Å². The van der Waals surface area contributed by atoms with Gasteiger partial charge in [0, 0.05) is 25.7 Å². The Hall–Kier alpha value is -4.28. The number of hydrogen-bond acceptors (Lipinski definition) is 15. The van der Waals surface area contributed by atoms with Gasteiger partial charge in [-0.15, -0.1) is 0 Å². The van der Waals surface area contributed by atoms with Gasteiger partial charge in [-0.25, -0.2) is 9.13 Å². The molecule has 0 aromatic rings. The van der Waals surface area contributed by atoms with Crippen LogP contribution in [0.4, 0.5) is 0 Å². The lowest BCUT2D eigenvalue weighted by Gasteiger charge is -2.21. The summed E-state index contributed by atoms with van der Waals surface area (Å²) in [7, 11) is -9.97. The van der Waals surface area contributed by atoms with Crippen molar-refractivity contribution in [2.24, 2.45) is 0 Å². The molecule has 3 N–H and O–H groups in total. The molecule has 0 bridgehead atoms. The van der Waals surface area contributed by atoms with E-state index in [4.69, 9.17) is 37.0 Å². The molecule has 0 amide bonds. The lowest BCUT2D eigenvalue weighted by atomic mass is 10.0. The van der Waals surface area contributed by atoms with Crippen molar-refractivity contribution in [3.63, 3.8) is 0 Å². The number of allylic oxidation sites excluding steroid dienone is 18. The number of hydrogen-bond donors (Lipinski definition) is 3. The van der Waals surface area contributed by atoms with E-state index in [1.54, 1.807) is 0 Å². The second-order valence-corrected chi connectivity index (χ2v) is 30.2. The van der Waals surface area contributed by atoms with Crippen molar-refractivity contribution in [1.82, 2.24) is 0 Å². The van der Waals surface area contributed by atoms with Crippen LogP contribution >= 0.6 is 15.6 Å². The predicted octanol–water partition coefficient (Wildman–Crippen LogP) is 24.1. The van der Waals surface area contributed by atoms with E-state index in [1.165, 1.54) is 89.9 Å². The van der Waals surface area contributed by atoms with Crippen LogP contribution in [0.2, 0.25) is 0 Å². The summed E-state index contributed by atoms with van der Waals surface area (Å²) in [6, 6.07) is 0. The van der Waals surface area contributed by atoms with Crippen molar-refractivity contribution in [2.45, 2.75) is 367 Å². The van der Waals surface area contributed by atoms with Crippen LogP contribution < -0.4 is 0 Å². The van der Waals surface area contributed by atoms with Crippen molar-refractivity contribution in [3.05, 3.63) is 109 Å². The first-order valence-electron chi connectivity index (χ1n) is 41.1. The third kappa shape index (κ3) is 75.9. The van der Waals surface area contributed by atoms with Crippen LogP contribution in [0.25, 0.3) is 0 Å². The molecule has 0 radical (unpaired) electrons. The third-order valence-electron chi connectivity index (χ3n) is 17.2. The second kappa shape index (κ2) is 76.9. The van der Waals surface area contributed by atoms with Crippen LogP contribution in [-0.2, 0) is 65.4 Å². The number of phosphoric ester groups is 2. The van der Waals surface area contributed by atoms with Gasteiger partial charge in [-0.05, 0) is 128 Å². The van der Waals surface area contributed by atoms with Gasteiger partial charge >= 0.3 is 39.5 Å². The highest BCUT2D eigenvalue weighted by Gasteiger charge is 2.30. The Kier molecular flexibility index (Phi) is 73.7. The zero-order valence-electron chi connectivity index (χ0n) is 65.7. The zero-order valence-corrected chi connectivity index (χ0v) is 67.5. The Morgan fingerprint density at radius 3 is 0.798 bits per heavy atom. The average molecular weight is 1500 g/mol. The zero-order chi connectivity index (χ0) is 76.0. The normalized spacial score (nSPS) is 14.4. The van der Waals surface area contributed by atoms with Crippen molar-refractivity contribution < 1.29 is 80.2 Å². The number of aliphatic hydroxyl groups excluding tert-OH is 1. The Bertz CT molecular complexity index is 2390. The SMILES string of the molecule is CC/C=C\C/C=C\C/C=C\C/C=C\C/C=C\CCCCCC(=O)OCC(COP(=O)(O)OCC(O)COP(=O)(O)OCC(COC(=O)CCCCCCCCC/C=C\C/C=C\C/C=C\CC)OC(=O)CCCCCCC/C=C\CCCCCC)OC(=O)CCCCCCCCCCCCCCCCC. The van der Waals surface area contributed by atoms with Gasteiger partial charge in [-0.3, -0.25) is 37.3 Å². The molecule has 19 heteroatoms. The predicted molar refractivity (Wildman–Crippen MR) is 427 cm³/mol. The maximum atomic E-state index is 13.1. The molecule has 104 heavy (non-hydrogen) atoms. The van der Waals surface area contributed by atoms with Gasteiger partial charge in [0.15, 0.2) is 12.2 Å². The number of aliphatic hydroxyl groups is 1. The molecule has 0 spiro atoms. The molecule has 0 aliphatic carbocycles. The summed E-state index contributed by atoms with van der Waals surface area (Å²) in [6.45, 7) is 4.63. The van der Waals surface area contributed by atoms with E-state index in [0.29, 0.717) is 25.7 Å². The van der Waals surface area contributed by atoms with Gasteiger partial charge in [0.1, 0.15) is 19.3 Å². The lowest BCUT2D eigenvalue weighted by Crippen LogP contribution is -2.30. The molecule has 0 heterocycles. The Balaban J connectivity index is 5.37. The first-order chi connectivity index (χ1) is 50.7. The number of phosphoric acid groups is 2. The van der Waals surface area contributed by atoms with Crippen LogP contribution in [0.3, 0.4) is 0 Å². The van der Waals surface area contributed by atoms with Gasteiger partial charge in [0.2, 0.25) is 0 Å². The number of unbranched alkanes of at least 4 members (excludes halogenated alkanes) is 33. The van der Waals surface area contributed by atoms with E-state index in [1.807, 2.05) is 0 Å². The van der Waals surface area contributed by atoms with Gasteiger partial charge in [-0.1, -0.05) is 304 Å². The van der Waals surface area contributed by atoms with E-state index in [2.05, 4.69) is 137 Å². The lowest BCUT2D eigenvalue weighted by molar-refractivity contribution is -0.161. The van der Waals surface area contributed by atoms with Crippen molar-refractivity contribution in [1.29, 1.82) is 0 Å². The summed E-state index contributed by atoms with van der Waals surface area (Å²) >= 11 is 0. The molecule has 0 aliphatic heterocycles. The summed E-state index contributed by atoms with van der Waals surface area (Å²) < 4.78 is 68.7. The molecular weight excluding hydrogens is 1350 g/mol. The number of ether oxygens (including phenoxy) is 4. The fourth-order valence-corrected chi connectivity index (χ4v) is 12.6. The summed E-state index contributed by atoms with van der Waals surface area (Å²) in [5.74, 6) is -2.21. The van der Waals surface area contributed by atoms with Gasteiger partial charge in [0.05, 0.1) is 26.4 Å². The van der Waals surface area contributed by atoms with Crippen molar-refractivity contribution >= 4 is 39.5 Å². The molecule has 0 saturated heterocycles. The van der Waals surface area contributed by atoms with E-state index in [9.17, 15) is 43.2 Å². The molecule has 600 valence electrons. The minimum atomic E-state index is -4.99. The summed E-state index contributed by atoms with van der Waals surface area (Å²) in [4.78, 5) is 73.1. The van der Waals surface area contributed by atoms with E-state index in [-0.39, 0.29) is 25.7 Å². The second-order valence-electron chi connectivity index (χ2n) is 27.3. The highest BCUT2D eigenvalue weighted by molar-refractivity contribution is 7.47. The fourth-order valence-electron chi connectivity index (χ4n) is 11.0. The first kappa shape index (κ1) is 99.7. The molecular formula is C85H148O17P2. The van der Waals surface area contributed by atoms with E-state index >= 15 is 0 Å². The van der Waals surface area contributed by atoms with Crippen LogP contribution in [0.5, 0.6) is 0 Å².